The Morgan fingerprint density at radius 1 is 0.739 bits per heavy atom. The summed E-state index contributed by atoms with van der Waals surface area (Å²) in [5, 5.41) is 31.9. The molecule has 1 amide bonds. The number of aliphatic carboxylic acids is 2. The molecule has 0 saturated heterocycles. The van der Waals surface area contributed by atoms with E-state index in [-0.39, 0.29) is 50.1 Å². The van der Waals surface area contributed by atoms with Crippen LogP contribution >= 0.6 is 0 Å². The van der Waals surface area contributed by atoms with Crippen LogP contribution in [0.15, 0.2) is 15.4 Å². The predicted octanol–water partition coefficient (Wildman–Crippen LogP) is 5.45. The summed E-state index contributed by atoms with van der Waals surface area (Å²) in [5.41, 5.74) is 1.10. The van der Waals surface area contributed by atoms with Crippen LogP contribution in [0.1, 0.15) is 135 Å². The quantitative estimate of drug-likeness (QED) is 0.0828. The van der Waals surface area contributed by atoms with Gasteiger partial charge in [-0.2, -0.15) is 5.11 Å². The van der Waals surface area contributed by atoms with Crippen molar-refractivity contribution in [1.29, 1.82) is 0 Å². The number of sulfone groups is 1. The smallest absolute Gasteiger partial charge is 0.325 e. The molecule has 0 aromatic heterocycles. The van der Waals surface area contributed by atoms with Crippen molar-refractivity contribution in [2.24, 2.45) is 21.4 Å². The molecule has 1 rings (SSSR count). The minimum atomic E-state index is -3.66. The third-order valence-electron chi connectivity index (χ3n) is 8.01. The molecule has 14 heteroatoms. The minimum absolute atomic E-state index is 0.0117. The number of carboxylic acid groups (broad SMARTS) is 2. The molecule has 46 heavy (non-hydrogen) atoms. The van der Waals surface area contributed by atoms with Gasteiger partial charge in [0.15, 0.2) is 9.84 Å². The Kier molecular flexibility index (Phi) is 21.6. The first kappa shape index (κ1) is 41.0. The first-order valence-corrected chi connectivity index (χ1v) is 18.6. The van der Waals surface area contributed by atoms with E-state index >= 15 is 0 Å². The van der Waals surface area contributed by atoms with Crippen molar-refractivity contribution in [3.8, 4) is 0 Å². The van der Waals surface area contributed by atoms with Gasteiger partial charge in [0.2, 0.25) is 5.91 Å². The SMILES string of the molecule is CC(NC(=O)CCC(CC(=O)CCCS(=O)(=O)CC(=O)CCCCCCCCCCCCCCCC1=NN=NC1)C(=O)O)C(=O)O. The number of nitrogens with zero attached hydrogens (tertiary/aromatic N) is 3. The van der Waals surface area contributed by atoms with Crippen molar-refractivity contribution in [2.75, 3.05) is 18.1 Å². The lowest BCUT2D eigenvalue weighted by Gasteiger charge is -2.13. The molecule has 0 fully saturated rings. The average Bonchev–Trinajstić information content (AvgIpc) is 3.50. The highest BCUT2D eigenvalue weighted by Crippen LogP contribution is 2.16. The van der Waals surface area contributed by atoms with E-state index in [1.165, 1.54) is 64.7 Å². The standard InChI is InChI=1S/C32H54N4O9S/c1-25(31(40)41)34-30(39)20-19-26(32(42)43)22-28(37)18-15-21-46(44,45)24-29(38)17-14-12-10-8-6-4-2-3-5-7-9-11-13-16-27-23-33-36-35-27/h25-26H,2-24H2,1H3,(H,34,39)(H,40,41)(H,42,43). The van der Waals surface area contributed by atoms with Crippen molar-refractivity contribution in [1.82, 2.24) is 5.32 Å². The van der Waals surface area contributed by atoms with Crippen LogP contribution in [0, 0.1) is 5.92 Å². The van der Waals surface area contributed by atoms with Crippen molar-refractivity contribution >= 4 is 45.0 Å². The molecular weight excluding hydrogens is 616 g/mol. The fraction of sp³-hybridized carbons (Fsp3) is 0.812. The molecule has 0 aromatic rings. The second-order valence-corrected chi connectivity index (χ2v) is 14.5. The predicted molar refractivity (Wildman–Crippen MR) is 175 cm³/mol. The van der Waals surface area contributed by atoms with Gasteiger partial charge in [0, 0.05) is 25.7 Å². The van der Waals surface area contributed by atoms with Crippen LogP contribution < -0.4 is 5.32 Å². The minimum Gasteiger partial charge on any atom is -0.481 e. The third-order valence-corrected chi connectivity index (χ3v) is 9.68. The molecule has 0 aliphatic carbocycles. The van der Waals surface area contributed by atoms with E-state index in [2.05, 4.69) is 20.8 Å². The van der Waals surface area contributed by atoms with E-state index in [0.29, 0.717) is 13.0 Å². The van der Waals surface area contributed by atoms with Gasteiger partial charge < -0.3 is 15.5 Å². The number of carboxylic acids is 2. The molecule has 1 aliphatic heterocycles. The van der Waals surface area contributed by atoms with Gasteiger partial charge in [-0.25, -0.2) is 8.42 Å². The van der Waals surface area contributed by atoms with Crippen molar-refractivity contribution < 1.29 is 42.6 Å². The molecule has 0 aromatic carbocycles. The lowest BCUT2D eigenvalue weighted by atomic mass is 9.95. The topological polar surface area (TPSA) is 209 Å². The molecule has 262 valence electrons. The zero-order chi connectivity index (χ0) is 34.2. The van der Waals surface area contributed by atoms with Crippen LogP contribution in [0.2, 0.25) is 0 Å². The summed E-state index contributed by atoms with van der Waals surface area (Å²) in [6, 6.07) is -1.12. The van der Waals surface area contributed by atoms with Crippen LogP contribution in [0.25, 0.3) is 0 Å². The molecule has 2 atom stereocenters. The Bertz CT molecular complexity index is 1140. The molecular formula is C32H54N4O9S. The number of hydrogen-bond acceptors (Lipinski definition) is 10. The Morgan fingerprint density at radius 2 is 1.28 bits per heavy atom. The molecule has 2 unspecified atom stereocenters. The average molecular weight is 671 g/mol. The molecule has 3 N–H and O–H groups in total. The van der Waals surface area contributed by atoms with E-state index in [1.807, 2.05) is 0 Å². The highest BCUT2D eigenvalue weighted by atomic mass is 32.2. The van der Waals surface area contributed by atoms with Crippen molar-refractivity contribution in [3.05, 3.63) is 0 Å². The molecule has 0 spiro atoms. The number of unbranched alkanes of at least 4 members (excludes halogenated alkanes) is 12. The van der Waals surface area contributed by atoms with Crippen molar-refractivity contribution in [3.63, 3.8) is 0 Å². The lowest BCUT2D eigenvalue weighted by Crippen LogP contribution is -2.38. The monoisotopic (exact) mass is 670 g/mol. The van der Waals surface area contributed by atoms with E-state index in [4.69, 9.17) is 5.11 Å². The second kappa shape index (κ2) is 24.2. The Balaban J connectivity index is 2.04. The second-order valence-electron chi connectivity index (χ2n) is 12.3. The van der Waals surface area contributed by atoms with Crippen LogP contribution in [0.3, 0.4) is 0 Å². The van der Waals surface area contributed by atoms with Gasteiger partial charge in [-0.15, -0.1) is 5.10 Å². The summed E-state index contributed by atoms with van der Waals surface area (Å²) in [5.74, 6) is -5.92. The maximum atomic E-state index is 12.3. The Labute approximate surface area is 273 Å². The van der Waals surface area contributed by atoms with Crippen LogP contribution in [-0.4, -0.2) is 77.8 Å². The summed E-state index contributed by atoms with van der Waals surface area (Å²) in [7, 11) is -3.66. The van der Waals surface area contributed by atoms with E-state index in [0.717, 1.165) is 31.4 Å². The van der Waals surface area contributed by atoms with Gasteiger partial charge in [0.05, 0.1) is 17.4 Å². The van der Waals surface area contributed by atoms with Crippen LogP contribution in [-0.2, 0) is 33.8 Å². The maximum absolute atomic E-state index is 12.3. The summed E-state index contributed by atoms with van der Waals surface area (Å²) in [4.78, 5) is 58.6. The van der Waals surface area contributed by atoms with Gasteiger partial charge in [-0.1, -0.05) is 70.6 Å². The van der Waals surface area contributed by atoms with Gasteiger partial charge >= 0.3 is 11.9 Å². The lowest BCUT2D eigenvalue weighted by molar-refractivity contribution is -0.144. The van der Waals surface area contributed by atoms with Gasteiger partial charge in [-0.05, 0) is 44.3 Å². The Morgan fingerprint density at radius 3 is 1.80 bits per heavy atom. The number of carbonyl (C=O) groups is 5. The van der Waals surface area contributed by atoms with Gasteiger partial charge in [0.1, 0.15) is 29.9 Å². The third kappa shape index (κ3) is 21.7. The fourth-order valence-electron chi connectivity index (χ4n) is 5.21. The number of carbonyl (C=O) groups excluding carboxylic acids is 3. The molecule has 13 nitrogen and oxygen atoms in total. The zero-order valence-electron chi connectivity index (χ0n) is 27.4. The summed E-state index contributed by atoms with van der Waals surface area (Å²) >= 11 is 0. The fourth-order valence-corrected chi connectivity index (χ4v) is 6.58. The first-order chi connectivity index (χ1) is 21.9. The number of amides is 1. The van der Waals surface area contributed by atoms with Crippen molar-refractivity contribution in [2.45, 2.75) is 141 Å². The van der Waals surface area contributed by atoms with Gasteiger partial charge in [0.25, 0.3) is 0 Å². The van der Waals surface area contributed by atoms with Crippen LogP contribution in [0.4, 0.5) is 0 Å². The Hall–Kier alpha value is -3.03. The number of ketones is 2. The molecule has 0 radical (unpaired) electrons. The maximum Gasteiger partial charge on any atom is 0.325 e. The summed E-state index contributed by atoms with van der Waals surface area (Å²) in [6.45, 7) is 1.95. The van der Waals surface area contributed by atoms with Gasteiger partial charge in [-0.3, -0.25) is 24.0 Å². The normalized spacial score (nSPS) is 14.1. The number of hydrogen-bond donors (Lipinski definition) is 3. The highest BCUT2D eigenvalue weighted by Gasteiger charge is 2.24. The number of rotatable bonds is 30. The molecule has 1 heterocycles. The zero-order valence-corrected chi connectivity index (χ0v) is 28.2. The summed E-state index contributed by atoms with van der Waals surface area (Å²) < 4.78 is 24.7. The molecule has 0 saturated carbocycles. The van der Waals surface area contributed by atoms with E-state index in [1.54, 1.807) is 0 Å². The van der Waals surface area contributed by atoms with E-state index in [9.17, 15) is 37.5 Å². The largest absolute Gasteiger partial charge is 0.481 e. The number of nitrogens with one attached hydrogen (secondary N) is 1. The van der Waals surface area contributed by atoms with Crippen LogP contribution in [0.5, 0.6) is 0 Å². The number of Topliss-reactive ketones (excluding diaryl/α,β-unsaturated/α-hetero) is 2. The first-order valence-electron chi connectivity index (χ1n) is 16.8. The molecule has 0 bridgehead atoms. The van der Waals surface area contributed by atoms with E-state index < -0.39 is 51.2 Å². The molecule has 1 aliphatic rings. The summed E-state index contributed by atoms with van der Waals surface area (Å²) in [6.07, 6.45) is 15.1. The highest BCUT2D eigenvalue weighted by molar-refractivity contribution is 7.92.